The van der Waals surface area contributed by atoms with Gasteiger partial charge in [0.25, 0.3) is 0 Å². The van der Waals surface area contributed by atoms with Gasteiger partial charge in [0.2, 0.25) is 15.9 Å². The van der Waals surface area contributed by atoms with Crippen LogP contribution in [0.25, 0.3) is 0 Å². The van der Waals surface area contributed by atoms with Gasteiger partial charge in [-0.15, -0.1) is 0 Å². The molecule has 1 aliphatic heterocycles. The van der Waals surface area contributed by atoms with E-state index in [1.165, 1.54) is 7.05 Å². The number of carbonyl (C=O) groups is 1. The molecule has 1 amide bonds. The van der Waals surface area contributed by atoms with Crippen molar-refractivity contribution in [3.05, 3.63) is 29.8 Å². The van der Waals surface area contributed by atoms with Crippen LogP contribution in [0.3, 0.4) is 0 Å². The third kappa shape index (κ3) is 4.76. The Morgan fingerprint density at radius 2 is 2.04 bits per heavy atom. The van der Waals surface area contributed by atoms with Crippen molar-refractivity contribution in [2.75, 3.05) is 26.7 Å². The minimum Gasteiger partial charge on any atom is -0.340 e. The van der Waals surface area contributed by atoms with E-state index in [0.717, 1.165) is 31.6 Å². The van der Waals surface area contributed by atoms with Gasteiger partial charge in [0.1, 0.15) is 0 Å². The lowest BCUT2D eigenvalue weighted by atomic mass is 10.1. The lowest BCUT2D eigenvalue weighted by Crippen LogP contribution is -2.52. The van der Waals surface area contributed by atoms with Gasteiger partial charge >= 0.3 is 0 Å². The van der Waals surface area contributed by atoms with Gasteiger partial charge in [0.05, 0.1) is 4.90 Å². The highest BCUT2D eigenvalue weighted by Crippen LogP contribution is 2.13. The molecule has 0 spiro atoms. The van der Waals surface area contributed by atoms with E-state index >= 15 is 0 Å². The molecule has 0 aliphatic carbocycles. The highest BCUT2D eigenvalue weighted by Gasteiger charge is 2.21. The molecule has 6 nitrogen and oxygen atoms in total. The molecule has 2 rings (SSSR count). The van der Waals surface area contributed by atoms with Gasteiger partial charge in [-0.2, -0.15) is 0 Å². The van der Waals surface area contributed by atoms with E-state index in [9.17, 15) is 13.2 Å². The van der Waals surface area contributed by atoms with E-state index in [2.05, 4.69) is 17.0 Å². The number of piperazine rings is 1. The standard InChI is InChI=1S/C16H25N3O3S/c1-3-14-12-19(11-10-18-14)16(20)9-6-13-4-7-15(8-5-13)23(21,22)17-2/h4-5,7-8,14,17-18H,3,6,9-12H2,1-2H3/t14-/m0/s1. The summed E-state index contributed by atoms with van der Waals surface area (Å²) in [4.78, 5) is 14.5. The number of nitrogens with one attached hydrogen (secondary N) is 2. The zero-order valence-electron chi connectivity index (χ0n) is 13.7. The van der Waals surface area contributed by atoms with Gasteiger partial charge in [0, 0.05) is 32.1 Å². The predicted molar refractivity (Wildman–Crippen MR) is 89.7 cm³/mol. The van der Waals surface area contributed by atoms with Gasteiger partial charge in [-0.25, -0.2) is 13.1 Å². The minimum absolute atomic E-state index is 0.164. The van der Waals surface area contributed by atoms with E-state index in [1.807, 2.05) is 4.90 Å². The smallest absolute Gasteiger partial charge is 0.240 e. The molecule has 0 unspecified atom stereocenters. The summed E-state index contributed by atoms with van der Waals surface area (Å²) in [6.45, 7) is 4.50. The van der Waals surface area contributed by atoms with Crippen molar-refractivity contribution in [3.8, 4) is 0 Å². The maximum atomic E-state index is 12.3. The summed E-state index contributed by atoms with van der Waals surface area (Å²) in [5.74, 6) is 0.164. The minimum atomic E-state index is -3.40. The molecule has 2 N–H and O–H groups in total. The van der Waals surface area contributed by atoms with Crippen molar-refractivity contribution < 1.29 is 13.2 Å². The largest absolute Gasteiger partial charge is 0.340 e. The summed E-state index contributed by atoms with van der Waals surface area (Å²) in [5, 5.41) is 3.40. The van der Waals surface area contributed by atoms with Crippen LogP contribution < -0.4 is 10.0 Å². The maximum Gasteiger partial charge on any atom is 0.240 e. The van der Waals surface area contributed by atoms with Crippen LogP contribution in [0.2, 0.25) is 0 Å². The number of nitrogens with zero attached hydrogens (tertiary/aromatic N) is 1. The van der Waals surface area contributed by atoms with Crippen LogP contribution >= 0.6 is 0 Å². The fraction of sp³-hybridized carbons (Fsp3) is 0.562. The summed E-state index contributed by atoms with van der Waals surface area (Å²) in [6, 6.07) is 7.07. The van der Waals surface area contributed by atoms with Crippen LogP contribution in [0.15, 0.2) is 29.2 Å². The van der Waals surface area contributed by atoms with E-state index in [0.29, 0.717) is 18.9 Å². The van der Waals surface area contributed by atoms with Crippen molar-refractivity contribution in [2.24, 2.45) is 0 Å². The fourth-order valence-corrected chi connectivity index (χ4v) is 3.42. The van der Waals surface area contributed by atoms with Crippen LogP contribution in [-0.2, 0) is 21.2 Å². The number of benzene rings is 1. The SMILES string of the molecule is CC[C@H]1CN(C(=O)CCc2ccc(S(=O)(=O)NC)cc2)CCN1. The van der Waals surface area contributed by atoms with Crippen molar-refractivity contribution in [1.82, 2.24) is 14.9 Å². The molecule has 0 radical (unpaired) electrons. The quantitative estimate of drug-likeness (QED) is 0.801. The topological polar surface area (TPSA) is 78.5 Å². The number of sulfonamides is 1. The summed E-state index contributed by atoms with van der Waals surface area (Å²) in [6.07, 6.45) is 2.10. The zero-order chi connectivity index (χ0) is 16.9. The Kier molecular flexibility index (Phi) is 6.15. The molecule has 0 bridgehead atoms. The number of amides is 1. The number of hydrogen-bond acceptors (Lipinski definition) is 4. The second-order valence-electron chi connectivity index (χ2n) is 5.75. The van der Waals surface area contributed by atoms with Gasteiger partial charge in [-0.05, 0) is 37.6 Å². The molecule has 1 atom stereocenters. The van der Waals surface area contributed by atoms with Crippen LogP contribution in [-0.4, -0.2) is 51.9 Å². The summed E-state index contributed by atoms with van der Waals surface area (Å²) >= 11 is 0. The molecule has 0 saturated carbocycles. The van der Waals surface area contributed by atoms with E-state index in [-0.39, 0.29) is 10.8 Å². The Morgan fingerprint density at radius 3 is 2.65 bits per heavy atom. The summed E-state index contributed by atoms with van der Waals surface area (Å²) in [7, 11) is -2.02. The lowest BCUT2D eigenvalue weighted by molar-refractivity contribution is -0.132. The molecular formula is C16H25N3O3S. The molecular weight excluding hydrogens is 314 g/mol. The monoisotopic (exact) mass is 339 g/mol. The van der Waals surface area contributed by atoms with Gasteiger partial charge in [-0.1, -0.05) is 19.1 Å². The molecule has 7 heteroatoms. The second-order valence-corrected chi connectivity index (χ2v) is 7.64. The first-order valence-corrected chi connectivity index (χ1v) is 9.48. The molecule has 0 aromatic heterocycles. The van der Waals surface area contributed by atoms with Crippen LogP contribution in [0.4, 0.5) is 0 Å². The molecule has 1 fully saturated rings. The third-order valence-electron chi connectivity index (χ3n) is 4.23. The fourth-order valence-electron chi connectivity index (χ4n) is 2.69. The van der Waals surface area contributed by atoms with E-state index in [1.54, 1.807) is 24.3 Å². The predicted octanol–water partition coefficient (Wildman–Crippen LogP) is 0.738. The second kappa shape index (κ2) is 7.90. The summed E-state index contributed by atoms with van der Waals surface area (Å²) in [5.41, 5.74) is 0.968. The third-order valence-corrected chi connectivity index (χ3v) is 5.66. The highest BCUT2D eigenvalue weighted by atomic mass is 32.2. The average molecular weight is 339 g/mol. The van der Waals surface area contributed by atoms with Crippen molar-refractivity contribution in [3.63, 3.8) is 0 Å². The number of hydrogen-bond donors (Lipinski definition) is 2. The molecule has 1 saturated heterocycles. The lowest BCUT2D eigenvalue weighted by Gasteiger charge is -2.33. The average Bonchev–Trinajstić information content (AvgIpc) is 2.60. The molecule has 23 heavy (non-hydrogen) atoms. The highest BCUT2D eigenvalue weighted by molar-refractivity contribution is 7.89. The van der Waals surface area contributed by atoms with Crippen molar-refractivity contribution >= 4 is 15.9 Å². The number of aryl methyl sites for hydroxylation is 1. The zero-order valence-corrected chi connectivity index (χ0v) is 14.5. The Hall–Kier alpha value is -1.44. The van der Waals surface area contributed by atoms with Gasteiger partial charge in [-0.3, -0.25) is 4.79 Å². The Morgan fingerprint density at radius 1 is 1.35 bits per heavy atom. The molecule has 1 heterocycles. The molecule has 1 aromatic rings. The van der Waals surface area contributed by atoms with Gasteiger partial charge < -0.3 is 10.2 Å². The molecule has 1 aromatic carbocycles. The van der Waals surface area contributed by atoms with Gasteiger partial charge in [0.15, 0.2) is 0 Å². The summed E-state index contributed by atoms with van der Waals surface area (Å²) < 4.78 is 25.6. The van der Waals surface area contributed by atoms with Crippen molar-refractivity contribution in [1.29, 1.82) is 0 Å². The Labute approximate surface area is 138 Å². The Balaban J connectivity index is 1.89. The van der Waals surface area contributed by atoms with E-state index in [4.69, 9.17) is 0 Å². The normalized spacial score (nSPS) is 18.9. The number of rotatable bonds is 6. The molecule has 1 aliphatic rings. The first-order valence-electron chi connectivity index (χ1n) is 8.00. The van der Waals surface area contributed by atoms with Crippen LogP contribution in [0, 0.1) is 0 Å². The molecule has 128 valence electrons. The van der Waals surface area contributed by atoms with Crippen LogP contribution in [0.5, 0.6) is 0 Å². The first kappa shape index (κ1) is 17.9. The first-order chi connectivity index (χ1) is 11.0. The van der Waals surface area contributed by atoms with E-state index < -0.39 is 10.0 Å². The van der Waals surface area contributed by atoms with Crippen molar-refractivity contribution in [2.45, 2.75) is 37.1 Å². The maximum absolute atomic E-state index is 12.3. The Bertz CT molecular complexity index is 628. The number of carbonyl (C=O) groups excluding carboxylic acids is 1. The van der Waals surface area contributed by atoms with Crippen LogP contribution in [0.1, 0.15) is 25.3 Å².